The van der Waals surface area contributed by atoms with Crippen molar-refractivity contribution in [2.45, 2.75) is 51.0 Å². The molecular formula is C20H33N3O3S. The molecular weight excluding hydrogens is 362 g/mol. The van der Waals surface area contributed by atoms with E-state index in [0.717, 1.165) is 19.3 Å². The van der Waals surface area contributed by atoms with Gasteiger partial charge in [0.05, 0.1) is 4.90 Å². The maximum Gasteiger partial charge on any atom is 0.253 e. The molecule has 1 aromatic rings. The van der Waals surface area contributed by atoms with Crippen LogP contribution in [-0.2, 0) is 10.0 Å². The molecule has 1 heterocycles. The molecule has 0 saturated carbocycles. The van der Waals surface area contributed by atoms with Gasteiger partial charge in [-0.15, -0.1) is 0 Å². The fourth-order valence-corrected chi connectivity index (χ4v) is 4.61. The molecule has 1 fully saturated rings. The summed E-state index contributed by atoms with van der Waals surface area (Å²) in [7, 11) is -1.74. The van der Waals surface area contributed by atoms with Crippen LogP contribution in [0.4, 0.5) is 0 Å². The third-order valence-corrected chi connectivity index (χ3v) is 7.40. The highest BCUT2D eigenvalue weighted by Crippen LogP contribution is 2.23. The van der Waals surface area contributed by atoms with Crippen LogP contribution in [0.15, 0.2) is 29.2 Å². The summed E-state index contributed by atoms with van der Waals surface area (Å²) in [5.41, 5.74) is 6.53. The van der Waals surface area contributed by atoms with Crippen molar-refractivity contribution in [3.8, 4) is 0 Å². The minimum absolute atomic E-state index is 0.0556. The monoisotopic (exact) mass is 395 g/mol. The molecule has 0 spiro atoms. The lowest BCUT2D eigenvalue weighted by Gasteiger charge is -2.29. The van der Waals surface area contributed by atoms with Crippen LogP contribution in [0.5, 0.6) is 0 Å². The van der Waals surface area contributed by atoms with Crippen molar-refractivity contribution in [1.29, 1.82) is 0 Å². The molecule has 1 atom stereocenters. The Morgan fingerprint density at radius 2 is 1.78 bits per heavy atom. The standard InChI is InChI=1S/C20H33N3O3S/c1-15(2)19(21)11-12-22(4)20(24)17-5-7-18(8-6-17)27(25,26)23-13-9-16(3)10-14-23/h5-8,15-16,19H,9-14,21H2,1-4H3. The number of benzene rings is 1. The molecule has 1 aromatic carbocycles. The van der Waals surface area contributed by atoms with E-state index in [-0.39, 0.29) is 16.8 Å². The molecule has 2 rings (SSSR count). The van der Waals surface area contributed by atoms with Crippen molar-refractivity contribution in [3.63, 3.8) is 0 Å². The molecule has 27 heavy (non-hydrogen) atoms. The van der Waals surface area contributed by atoms with E-state index >= 15 is 0 Å². The Morgan fingerprint density at radius 3 is 2.30 bits per heavy atom. The third kappa shape index (κ3) is 5.53. The van der Waals surface area contributed by atoms with Gasteiger partial charge in [-0.2, -0.15) is 4.31 Å². The topological polar surface area (TPSA) is 83.7 Å². The number of sulfonamides is 1. The van der Waals surface area contributed by atoms with Gasteiger partial charge in [0.1, 0.15) is 0 Å². The highest BCUT2D eigenvalue weighted by atomic mass is 32.2. The van der Waals surface area contributed by atoms with Crippen molar-refractivity contribution in [3.05, 3.63) is 29.8 Å². The Kier molecular flexibility index (Phi) is 7.42. The van der Waals surface area contributed by atoms with Crippen LogP contribution in [0.2, 0.25) is 0 Å². The minimum atomic E-state index is -3.49. The first-order chi connectivity index (χ1) is 12.6. The maximum atomic E-state index is 12.8. The smallest absolute Gasteiger partial charge is 0.253 e. The summed E-state index contributed by atoms with van der Waals surface area (Å²) in [6.45, 7) is 7.97. The lowest BCUT2D eigenvalue weighted by atomic mass is 10.0. The lowest BCUT2D eigenvalue weighted by molar-refractivity contribution is 0.0789. The molecule has 1 amide bonds. The minimum Gasteiger partial charge on any atom is -0.342 e. The zero-order valence-electron chi connectivity index (χ0n) is 16.9. The van der Waals surface area contributed by atoms with E-state index < -0.39 is 10.0 Å². The molecule has 1 aliphatic heterocycles. The molecule has 6 nitrogen and oxygen atoms in total. The zero-order chi connectivity index (χ0) is 20.2. The van der Waals surface area contributed by atoms with Crippen molar-refractivity contribution in [2.75, 3.05) is 26.7 Å². The second-order valence-electron chi connectivity index (χ2n) is 8.03. The normalized spacial score (nSPS) is 17.9. The van der Waals surface area contributed by atoms with Crippen LogP contribution in [0, 0.1) is 11.8 Å². The molecule has 0 aromatic heterocycles. The first-order valence-electron chi connectivity index (χ1n) is 9.74. The Balaban J connectivity index is 2.02. The molecule has 1 unspecified atom stereocenters. The van der Waals surface area contributed by atoms with Crippen LogP contribution < -0.4 is 5.73 Å². The van der Waals surface area contributed by atoms with Crippen LogP contribution in [0.3, 0.4) is 0 Å². The number of carbonyl (C=O) groups excluding carboxylic acids is 1. The predicted octanol–water partition coefficient (Wildman–Crippen LogP) is 2.55. The molecule has 152 valence electrons. The van der Waals surface area contributed by atoms with Gasteiger partial charge in [-0.25, -0.2) is 8.42 Å². The van der Waals surface area contributed by atoms with Crippen LogP contribution >= 0.6 is 0 Å². The second-order valence-corrected chi connectivity index (χ2v) is 9.97. The molecule has 1 saturated heterocycles. The number of carbonyl (C=O) groups is 1. The predicted molar refractivity (Wildman–Crippen MR) is 108 cm³/mol. The molecule has 0 radical (unpaired) electrons. The van der Waals surface area contributed by atoms with Crippen molar-refractivity contribution in [1.82, 2.24) is 9.21 Å². The van der Waals surface area contributed by atoms with Gasteiger partial charge in [0, 0.05) is 38.3 Å². The number of hydrogen-bond donors (Lipinski definition) is 1. The summed E-state index contributed by atoms with van der Waals surface area (Å²) in [5, 5.41) is 0. The van der Waals surface area contributed by atoms with Gasteiger partial charge in [-0.1, -0.05) is 20.8 Å². The molecule has 0 aliphatic carbocycles. The highest BCUT2D eigenvalue weighted by molar-refractivity contribution is 7.89. The Labute approximate surface area is 163 Å². The maximum absolute atomic E-state index is 12.8. The zero-order valence-corrected chi connectivity index (χ0v) is 17.7. The summed E-state index contributed by atoms with van der Waals surface area (Å²) < 4.78 is 27.1. The Bertz CT molecular complexity index is 723. The van der Waals surface area contributed by atoms with Crippen molar-refractivity contribution >= 4 is 15.9 Å². The molecule has 0 bridgehead atoms. The first kappa shape index (κ1) is 21.9. The molecule has 7 heteroatoms. The van der Waals surface area contributed by atoms with E-state index in [1.165, 1.54) is 12.1 Å². The number of hydrogen-bond acceptors (Lipinski definition) is 4. The summed E-state index contributed by atoms with van der Waals surface area (Å²) in [6.07, 6.45) is 2.51. The van der Waals surface area contributed by atoms with Gasteiger partial charge in [-0.05, 0) is 55.4 Å². The fraction of sp³-hybridized carbons (Fsp3) is 0.650. The third-order valence-electron chi connectivity index (χ3n) is 5.48. The molecule has 2 N–H and O–H groups in total. The quantitative estimate of drug-likeness (QED) is 0.769. The number of nitrogens with two attached hydrogens (primary N) is 1. The Morgan fingerprint density at radius 1 is 1.22 bits per heavy atom. The highest BCUT2D eigenvalue weighted by Gasteiger charge is 2.28. The number of amides is 1. The summed E-state index contributed by atoms with van der Waals surface area (Å²) in [6, 6.07) is 6.32. The lowest BCUT2D eigenvalue weighted by Crippen LogP contribution is -2.37. The van der Waals surface area contributed by atoms with Crippen LogP contribution in [0.1, 0.15) is 50.4 Å². The second kappa shape index (κ2) is 9.17. The van der Waals surface area contributed by atoms with Gasteiger partial charge >= 0.3 is 0 Å². The van der Waals surface area contributed by atoms with E-state index in [0.29, 0.717) is 37.0 Å². The molecule has 1 aliphatic rings. The SMILES string of the molecule is CC1CCN(S(=O)(=O)c2ccc(C(=O)N(C)CCC(N)C(C)C)cc2)CC1. The average molecular weight is 396 g/mol. The average Bonchev–Trinajstić information content (AvgIpc) is 2.65. The summed E-state index contributed by atoms with van der Waals surface area (Å²) in [4.78, 5) is 14.4. The van der Waals surface area contributed by atoms with Crippen LogP contribution in [-0.4, -0.2) is 56.3 Å². The summed E-state index contributed by atoms with van der Waals surface area (Å²) >= 11 is 0. The van der Waals surface area contributed by atoms with Gasteiger partial charge in [0.25, 0.3) is 5.91 Å². The van der Waals surface area contributed by atoms with E-state index in [9.17, 15) is 13.2 Å². The Hall–Kier alpha value is -1.44. The van der Waals surface area contributed by atoms with E-state index in [1.54, 1.807) is 28.4 Å². The largest absolute Gasteiger partial charge is 0.342 e. The van der Waals surface area contributed by atoms with E-state index in [1.807, 2.05) is 0 Å². The van der Waals surface area contributed by atoms with Crippen molar-refractivity contribution < 1.29 is 13.2 Å². The van der Waals surface area contributed by atoms with Crippen molar-refractivity contribution in [2.24, 2.45) is 17.6 Å². The van der Waals surface area contributed by atoms with E-state index in [2.05, 4.69) is 20.8 Å². The van der Waals surface area contributed by atoms with Gasteiger partial charge < -0.3 is 10.6 Å². The van der Waals surface area contributed by atoms with Gasteiger partial charge in [0.15, 0.2) is 0 Å². The van der Waals surface area contributed by atoms with Gasteiger partial charge in [-0.3, -0.25) is 4.79 Å². The van der Waals surface area contributed by atoms with Gasteiger partial charge in [0.2, 0.25) is 10.0 Å². The van der Waals surface area contributed by atoms with Crippen LogP contribution in [0.25, 0.3) is 0 Å². The number of rotatable bonds is 7. The first-order valence-corrected chi connectivity index (χ1v) is 11.2. The fourth-order valence-electron chi connectivity index (χ4n) is 3.14. The van der Waals surface area contributed by atoms with E-state index in [4.69, 9.17) is 5.73 Å². The number of piperidine rings is 1. The number of nitrogens with zero attached hydrogens (tertiary/aromatic N) is 2. The summed E-state index contributed by atoms with van der Waals surface area (Å²) in [5.74, 6) is 0.813.